The number of hydrogen-bond acceptors (Lipinski definition) is 1. The van der Waals surface area contributed by atoms with E-state index in [0.29, 0.717) is 6.18 Å². The average molecular weight is 144 g/mol. The molecule has 1 heterocycles. The van der Waals surface area contributed by atoms with E-state index in [0.717, 1.165) is 11.3 Å². The van der Waals surface area contributed by atoms with Crippen LogP contribution in [0.5, 0.6) is 0 Å². The van der Waals surface area contributed by atoms with Crippen LogP contribution in [-0.4, -0.2) is 0 Å². The Bertz CT molecular complexity index is 353. The van der Waals surface area contributed by atoms with E-state index in [1.165, 1.54) is 0 Å². The van der Waals surface area contributed by atoms with Crippen LogP contribution in [0.2, 0.25) is 0 Å². The predicted molar refractivity (Wildman–Crippen MR) is 48.2 cm³/mol. The molecule has 1 aromatic rings. The van der Waals surface area contributed by atoms with Gasteiger partial charge in [0.15, 0.2) is 0 Å². The number of benzene rings is 1. The normalized spacial score (nSPS) is 15.6. The Labute approximate surface area is 67.5 Å². The quantitative estimate of drug-likeness (QED) is 0.590. The van der Waals surface area contributed by atoms with Crippen molar-refractivity contribution in [3.63, 3.8) is 0 Å². The van der Waals surface area contributed by atoms with Crippen molar-refractivity contribution >= 4 is 11.8 Å². The third-order valence-corrected chi connectivity index (χ3v) is 1.62. The monoisotopic (exact) mass is 144 g/mol. The zero-order valence-corrected chi connectivity index (χ0v) is 6.04. The lowest BCUT2D eigenvalue weighted by atomic mass is 10.2. The summed E-state index contributed by atoms with van der Waals surface area (Å²) in [5, 5.41) is 2.99. The molecule has 0 fully saturated rings. The van der Waals surface area contributed by atoms with Gasteiger partial charge in [-0.15, -0.1) is 0 Å². The molecule has 0 saturated carbocycles. The SMILES string of the molecule is [2H]C1=CC=Cc2ccccc2N1. The summed E-state index contributed by atoms with van der Waals surface area (Å²) in [6, 6.07) is 7.93. The molecular formula is C10H9N. The topological polar surface area (TPSA) is 12.0 Å². The lowest BCUT2D eigenvalue weighted by Crippen LogP contribution is -1.87. The molecule has 54 valence electrons. The summed E-state index contributed by atoms with van der Waals surface area (Å²) in [5.41, 5.74) is 2.11. The van der Waals surface area contributed by atoms with E-state index in [9.17, 15) is 0 Å². The van der Waals surface area contributed by atoms with Gasteiger partial charge in [0, 0.05) is 11.9 Å². The van der Waals surface area contributed by atoms with E-state index in [1.807, 2.05) is 36.4 Å². The van der Waals surface area contributed by atoms with Gasteiger partial charge in [-0.2, -0.15) is 0 Å². The van der Waals surface area contributed by atoms with E-state index in [-0.39, 0.29) is 0 Å². The van der Waals surface area contributed by atoms with E-state index in [2.05, 4.69) is 5.32 Å². The van der Waals surface area contributed by atoms with Gasteiger partial charge >= 0.3 is 0 Å². The lowest BCUT2D eigenvalue weighted by Gasteiger charge is -2.01. The molecule has 0 aliphatic carbocycles. The molecule has 1 aromatic carbocycles. The molecule has 1 aliphatic rings. The van der Waals surface area contributed by atoms with Gasteiger partial charge in [0.25, 0.3) is 0 Å². The van der Waals surface area contributed by atoms with Crippen molar-refractivity contribution in [1.82, 2.24) is 0 Å². The van der Waals surface area contributed by atoms with Crippen LogP contribution in [0, 0.1) is 0 Å². The summed E-state index contributed by atoms with van der Waals surface area (Å²) in [4.78, 5) is 0. The zero-order valence-electron chi connectivity index (χ0n) is 7.04. The number of anilines is 1. The number of hydrogen-bond donors (Lipinski definition) is 1. The first-order valence-electron chi connectivity index (χ1n) is 4.07. The van der Waals surface area contributed by atoms with Crippen molar-refractivity contribution in [3.8, 4) is 0 Å². The fourth-order valence-electron chi connectivity index (χ4n) is 1.08. The van der Waals surface area contributed by atoms with Gasteiger partial charge in [-0.05, 0) is 17.7 Å². The second kappa shape index (κ2) is 2.62. The fraction of sp³-hybridized carbons (Fsp3) is 0. The van der Waals surface area contributed by atoms with E-state index >= 15 is 0 Å². The van der Waals surface area contributed by atoms with Crippen LogP contribution < -0.4 is 5.32 Å². The van der Waals surface area contributed by atoms with Crippen molar-refractivity contribution < 1.29 is 1.37 Å². The minimum Gasteiger partial charge on any atom is -0.361 e. The molecular weight excluding hydrogens is 134 g/mol. The van der Waals surface area contributed by atoms with Crippen molar-refractivity contribution in [2.75, 3.05) is 5.32 Å². The first-order chi connectivity index (χ1) is 5.86. The van der Waals surface area contributed by atoms with Gasteiger partial charge in [0.1, 0.15) is 0 Å². The number of rotatable bonds is 0. The van der Waals surface area contributed by atoms with Crippen molar-refractivity contribution in [1.29, 1.82) is 0 Å². The first-order valence-corrected chi connectivity index (χ1v) is 3.57. The molecule has 11 heavy (non-hydrogen) atoms. The highest BCUT2D eigenvalue weighted by atomic mass is 14.8. The Morgan fingerprint density at radius 2 is 2.09 bits per heavy atom. The van der Waals surface area contributed by atoms with Gasteiger partial charge in [0.2, 0.25) is 0 Å². The molecule has 0 unspecified atom stereocenters. The Balaban J connectivity index is 2.49. The number of para-hydroxylation sites is 1. The maximum absolute atomic E-state index is 7.44. The summed E-state index contributed by atoms with van der Waals surface area (Å²) in [6.45, 7) is 0. The maximum Gasteiger partial charge on any atom is 0.0815 e. The standard InChI is InChI=1S/C10H9N/c1-2-7-10-9(5-1)6-3-4-8-11-10/h1-8,11H/i8D. The fourth-order valence-corrected chi connectivity index (χ4v) is 1.08. The van der Waals surface area contributed by atoms with Gasteiger partial charge in [0.05, 0.1) is 1.37 Å². The van der Waals surface area contributed by atoms with Gasteiger partial charge in [-0.25, -0.2) is 0 Å². The third-order valence-electron chi connectivity index (χ3n) is 1.62. The van der Waals surface area contributed by atoms with Gasteiger partial charge in [-0.1, -0.05) is 30.4 Å². The highest BCUT2D eigenvalue weighted by Gasteiger charge is 1.95. The molecule has 0 amide bonds. The molecule has 0 saturated heterocycles. The van der Waals surface area contributed by atoms with Crippen LogP contribution in [-0.2, 0) is 0 Å². The molecule has 0 bridgehead atoms. The molecule has 0 atom stereocenters. The van der Waals surface area contributed by atoms with Crippen LogP contribution in [0.25, 0.3) is 6.08 Å². The number of allylic oxidation sites excluding steroid dienone is 2. The largest absolute Gasteiger partial charge is 0.361 e. The summed E-state index contributed by atoms with van der Waals surface area (Å²) in [6.07, 6.45) is 6.03. The second-order valence-electron chi connectivity index (χ2n) is 2.38. The minimum absolute atomic E-state index is 0.427. The average Bonchev–Trinajstić information content (AvgIpc) is 2.25. The van der Waals surface area contributed by atoms with Gasteiger partial charge < -0.3 is 5.32 Å². The summed E-state index contributed by atoms with van der Waals surface area (Å²) in [7, 11) is 0. The van der Waals surface area contributed by atoms with Gasteiger partial charge in [-0.3, -0.25) is 0 Å². The van der Waals surface area contributed by atoms with Crippen molar-refractivity contribution in [2.45, 2.75) is 0 Å². The Kier molecular flexibility index (Phi) is 1.24. The van der Waals surface area contributed by atoms with Crippen LogP contribution in [0.4, 0.5) is 5.69 Å². The van der Waals surface area contributed by atoms with E-state index in [1.54, 1.807) is 6.08 Å². The summed E-state index contributed by atoms with van der Waals surface area (Å²) >= 11 is 0. The molecule has 0 spiro atoms. The first kappa shape index (κ1) is 5.19. The molecule has 1 nitrogen and oxygen atoms in total. The highest BCUT2D eigenvalue weighted by Crippen LogP contribution is 2.18. The van der Waals surface area contributed by atoms with Crippen LogP contribution in [0.3, 0.4) is 0 Å². The van der Waals surface area contributed by atoms with E-state index < -0.39 is 0 Å². The van der Waals surface area contributed by atoms with Crippen LogP contribution in [0.15, 0.2) is 42.6 Å². The third kappa shape index (κ3) is 1.17. The molecule has 1 heteroatoms. The number of nitrogens with one attached hydrogen (secondary N) is 1. The smallest absolute Gasteiger partial charge is 0.0815 e. The molecule has 2 rings (SSSR count). The highest BCUT2D eigenvalue weighted by molar-refractivity contribution is 5.69. The Morgan fingerprint density at radius 3 is 3.09 bits per heavy atom. The minimum atomic E-state index is 0.427. The zero-order chi connectivity index (χ0) is 8.39. The number of fused-ring (bicyclic) bond motifs is 1. The lowest BCUT2D eigenvalue weighted by molar-refractivity contribution is 1.57. The summed E-state index contributed by atoms with van der Waals surface area (Å²) in [5.74, 6) is 0. The van der Waals surface area contributed by atoms with Crippen LogP contribution >= 0.6 is 0 Å². The molecule has 0 radical (unpaired) electrons. The van der Waals surface area contributed by atoms with E-state index in [4.69, 9.17) is 1.37 Å². The van der Waals surface area contributed by atoms with Crippen LogP contribution in [0.1, 0.15) is 6.93 Å². The summed E-state index contributed by atoms with van der Waals surface area (Å²) < 4.78 is 7.44. The second-order valence-corrected chi connectivity index (χ2v) is 2.38. The Morgan fingerprint density at radius 1 is 1.18 bits per heavy atom. The maximum atomic E-state index is 7.44. The predicted octanol–water partition coefficient (Wildman–Crippen LogP) is 2.64. The Hall–Kier alpha value is -1.50. The molecule has 0 aromatic heterocycles. The van der Waals surface area contributed by atoms with Crippen molar-refractivity contribution in [3.05, 3.63) is 48.2 Å². The van der Waals surface area contributed by atoms with Crippen molar-refractivity contribution in [2.24, 2.45) is 0 Å². The molecule has 1 N–H and O–H groups in total. The molecule has 1 aliphatic heterocycles.